The van der Waals surface area contributed by atoms with Crippen LogP contribution in [-0.4, -0.2) is 37.6 Å². The largest absolute Gasteiger partial charge is 0.324 e. The molecule has 0 radical (unpaired) electrons. The van der Waals surface area contributed by atoms with Crippen LogP contribution in [0.2, 0.25) is 0 Å². The molecule has 0 saturated carbocycles. The summed E-state index contributed by atoms with van der Waals surface area (Å²) in [6, 6.07) is 6.49. The highest BCUT2D eigenvalue weighted by Crippen LogP contribution is 2.23. The van der Waals surface area contributed by atoms with Crippen molar-refractivity contribution >= 4 is 15.9 Å². The molecule has 0 aliphatic carbocycles. The fourth-order valence-electron chi connectivity index (χ4n) is 2.42. The van der Waals surface area contributed by atoms with Crippen LogP contribution in [0.15, 0.2) is 22.7 Å². The van der Waals surface area contributed by atoms with Gasteiger partial charge >= 0.3 is 0 Å². The van der Waals surface area contributed by atoms with Gasteiger partial charge in [-0.2, -0.15) is 0 Å². The van der Waals surface area contributed by atoms with Crippen LogP contribution in [-0.2, 0) is 0 Å². The summed E-state index contributed by atoms with van der Waals surface area (Å²) in [5.74, 6) is 0. The maximum Gasteiger partial charge on any atom is 0.0310 e. The van der Waals surface area contributed by atoms with Crippen LogP contribution >= 0.6 is 15.9 Å². The molecule has 0 amide bonds. The molecule has 1 unspecified atom stereocenters. The van der Waals surface area contributed by atoms with Crippen molar-refractivity contribution < 1.29 is 0 Å². The normalized spacial score (nSPS) is 18.8. The first-order chi connectivity index (χ1) is 8.66. The fourth-order valence-corrected chi connectivity index (χ4v) is 2.80. The fraction of sp³-hybridized carbons (Fsp3) is 0.571. The molecule has 0 spiro atoms. The third-order valence-corrected chi connectivity index (χ3v) is 4.10. The summed E-state index contributed by atoms with van der Waals surface area (Å²) in [6.07, 6.45) is 1.03. The van der Waals surface area contributed by atoms with E-state index in [9.17, 15) is 0 Å². The highest BCUT2D eigenvalue weighted by Gasteiger charge is 2.13. The third kappa shape index (κ3) is 3.79. The van der Waals surface area contributed by atoms with Gasteiger partial charge in [0, 0.05) is 43.2 Å². The molecule has 1 aromatic carbocycles. The second kappa shape index (κ2) is 6.66. The van der Waals surface area contributed by atoms with Crippen molar-refractivity contribution in [3.05, 3.63) is 33.8 Å². The van der Waals surface area contributed by atoms with Crippen molar-refractivity contribution in [1.82, 2.24) is 10.2 Å². The molecule has 4 heteroatoms. The van der Waals surface area contributed by atoms with Crippen molar-refractivity contribution in [2.24, 2.45) is 5.73 Å². The zero-order valence-corrected chi connectivity index (χ0v) is 12.5. The van der Waals surface area contributed by atoms with Crippen LogP contribution in [0.1, 0.15) is 23.6 Å². The number of hydrogen-bond donors (Lipinski definition) is 2. The van der Waals surface area contributed by atoms with Crippen molar-refractivity contribution in [3.63, 3.8) is 0 Å². The zero-order chi connectivity index (χ0) is 13.0. The summed E-state index contributed by atoms with van der Waals surface area (Å²) < 4.78 is 1.11. The van der Waals surface area contributed by atoms with E-state index < -0.39 is 0 Å². The molecule has 0 aromatic heterocycles. The standard InChI is InChI=1S/C14H22BrN3/c1-11-2-3-12(15)10-13(11)14(16)4-7-18-8-5-17-6-9-18/h2-3,10,14,17H,4-9,16H2,1H3. The van der Waals surface area contributed by atoms with Gasteiger partial charge in [-0.25, -0.2) is 0 Å². The Bertz CT molecular complexity index is 389. The first kappa shape index (κ1) is 14.0. The number of nitrogens with zero attached hydrogens (tertiary/aromatic N) is 1. The first-order valence-electron chi connectivity index (χ1n) is 6.61. The summed E-state index contributed by atoms with van der Waals surface area (Å²) in [4.78, 5) is 2.49. The topological polar surface area (TPSA) is 41.3 Å². The summed E-state index contributed by atoms with van der Waals surface area (Å²) >= 11 is 3.52. The Hall–Kier alpha value is -0.420. The van der Waals surface area contributed by atoms with Crippen LogP contribution in [0.4, 0.5) is 0 Å². The lowest BCUT2D eigenvalue weighted by molar-refractivity contribution is 0.233. The minimum absolute atomic E-state index is 0.136. The lowest BCUT2D eigenvalue weighted by Crippen LogP contribution is -2.44. The van der Waals surface area contributed by atoms with Crippen LogP contribution in [0, 0.1) is 6.92 Å². The van der Waals surface area contributed by atoms with Gasteiger partial charge in [-0.05, 0) is 36.6 Å². The monoisotopic (exact) mass is 311 g/mol. The molecule has 1 saturated heterocycles. The van der Waals surface area contributed by atoms with E-state index in [0.29, 0.717) is 0 Å². The second-order valence-electron chi connectivity index (χ2n) is 4.99. The maximum atomic E-state index is 6.32. The van der Waals surface area contributed by atoms with E-state index in [1.54, 1.807) is 0 Å². The van der Waals surface area contributed by atoms with Gasteiger partial charge in [0.05, 0.1) is 0 Å². The average molecular weight is 312 g/mol. The number of nitrogens with two attached hydrogens (primary N) is 1. The molecule has 0 bridgehead atoms. The quantitative estimate of drug-likeness (QED) is 0.894. The second-order valence-corrected chi connectivity index (χ2v) is 5.90. The Labute approximate surface area is 118 Å². The molecular weight excluding hydrogens is 290 g/mol. The van der Waals surface area contributed by atoms with Gasteiger partial charge in [0.15, 0.2) is 0 Å². The molecule has 1 fully saturated rings. The van der Waals surface area contributed by atoms with Gasteiger partial charge in [0.25, 0.3) is 0 Å². The van der Waals surface area contributed by atoms with E-state index in [1.807, 2.05) is 0 Å². The average Bonchev–Trinajstić information content (AvgIpc) is 2.40. The minimum Gasteiger partial charge on any atom is -0.324 e. The molecule has 1 aromatic rings. The Balaban J connectivity index is 1.90. The third-order valence-electron chi connectivity index (χ3n) is 3.61. The van der Waals surface area contributed by atoms with E-state index in [0.717, 1.165) is 43.6 Å². The predicted octanol–water partition coefficient (Wildman–Crippen LogP) is 2.05. The van der Waals surface area contributed by atoms with Crippen LogP contribution < -0.4 is 11.1 Å². The number of piperazine rings is 1. The van der Waals surface area contributed by atoms with Crippen LogP contribution in [0.5, 0.6) is 0 Å². The number of aryl methyl sites for hydroxylation is 1. The lowest BCUT2D eigenvalue weighted by atomic mass is 9.99. The molecule has 3 N–H and O–H groups in total. The molecule has 3 nitrogen and oxygen atoms in total. The molecule has 1 heterocycles. The Morgan fingerprint density at radius 2 is 2.11 bits per heavy atom. The summed E-state index contributed by atoms with van der Waals surface area (Å²) in [6.45, 7) is 7.71. The maximum absolute atomic E-state index is 6.32. The van der Waals surface area contributed by atoms with E-state index in [2.05, 4.69) is 51.3 Å². The van der Waals surface area contributed by atoms with Gasteiger partial charge < -0.3 is 16.0 Å². The molecule has 1 atom stereocenters. The number of halogens is 1. The van der Waals surface area contributed by atoms with Gasteiger partial charge in [0.2, 0.25) is 0 Å². The molecule has 100 valence electrons. The summed E-state index contributed by atoms with van der Waals surface area (Å²) in [7, 11) is 0. The highest BCUT2D eigenvalue weighted by molar-refractivity contribution is 9.10. The van der Waals surface area contributed by atoms with Crippen LogP contribution in [0.25, 0.3) is 0 Å². The SMILES string of the molecule is Cc1ccc(Br)cc1C(N)CCN1CCNCC1. The highest BCUT2D eigenvalue weighted by atomic mass is 79.9. The van der Waals surface area contributed by atoms with E-state index in [1.165, 1.54) is 11.1 Å². The molecule has 1 aliphatic rings. The van der Waals surface area contributed by atoms with E-state index in [4.69, 9.17) is 5.73 Å². The minimum atomic E-state index is 0.136. The zero-order valence-electron chi connectivity index (χ0n) is 11.0. The smallest absolute Gasteiger partial charge is 0.0310 e. The molecule has 18 heavy (non-hydrogen) atoms. The van der Waals surface area contributed by atoms with Gasteiger partial charge in [0.1, 0.15) is 0 Å². The Morgan fingerprint density at radius 1 is 1.39 bits per heavy atom. The lowest BCUT2D eigenvalue weighted by Gasteiger charge is -2.28. The summed E-state index contributed by atoms with van der Waals surface area (Å²) in [5.41, 5.74) is 8.87. The van der Waals surface area contributed by atoms with E-state index >= 15 is 0 Å². The molecule has 2 rings (SSSR count). The van der Waals surface area contributed by atoms with Crippen molar-refractivity contribution in [3.8, 4) is 0 Å². The first-order valence-corrected chi connectivity index (χ1v) is 7.41. The number of nitrogens with one attached hydrogen (secondary N) is 1. The molecule has 1 aliphatic heterocycles. The Kier molecular flexibility index (Phi) is 5.18. The van der Waals surface area contributed by atoms with E-state index in [-0.39, 0.29) is 6.04 Å². The van der Waals surface area contributed by atoms with Gasteiger partial charge in [-0.3, -0.25) is 0 Å². The van der Waals surface area contributed by atoms with Gasteiger partial charge in [-0.1, -0.05) is 22.0 Å². The number of hydrogen-bond acceptors (Lipinski definition) is 3. The van der Waals surface area contributed by atoms with Crippen molar-refractivity contribution in [2.45, 2.75) is 19.4 Å². The molecular formula is C14H22BrN3. The summed E-state index contributed by atoms with van der Waals surface area (Å²) in [5, 5.41) is 3.37. The van der Waals surface area contributed by atoms with Crippen molar-refractivity contribution in [2.75, 3.05) is 32.7 Å². The number of benzene rings is 1. The Morgan fingerprint density at radius 3 is 2.83 bits per heavy atom. The van der Waals surface area contributed by atoms with Gasteiger partial charge in [-0.15, -0.1) is 0 Å². The predicted molar refractivity (Wildman–Crippen MR) is 79.7 cm³/mol. The van der Waals surface area contributed by atoms with Crippen LogP contribution in [0.3, 0.4) is 0 Å². The number of rotatable bonds is 4. The van der Waals surface area contributed by atoms with Crippen molar-refractivity contribution in [1.29, 1.82) is 0 Å².